The molecule has 3 heteroatoms. The molecule has 0 fully saturated rings. The fourth-order valence-electron chi connectivity index (χ4n) is 2.25. The number of nitrogens with one attached hydrogen (secondary N) is 1. The summed E-state index contributed by atoms with van der Waals surface area (Å²) in [5, 5.41) is 3.48. The number of rotatable bonds is 7. The van der Waals surface area contributed by atoms with E-state index in [4.69, 9.17) is 4.74 Å². The number of hydrogen-bond acceptors (Lipinski definition) is 2. The van der Waals surface area contributed by atoms with Crippen LogP contribution in [0.5, 0.6) is 5.75 Å². The number of halogens is 1. The van der Waals surface area contributed by atoms with Crippen LogP contribution in [0.25, 0.3) is 0 Å². The first-order chi connectivity index (χ1) is 10.2. The van der Waals surface area contributed by atoms with Crippen LogP contribution in [0, 0.1) is 5.82 Å². The summed E-state index contributed by atoms with van der Waals surface area (Å²) in [7, 11) is 0. The Bertz CT molecular complexity index is 553. The van der Waals surface area contributed by atoms with Gasteiger partial charge in [-0.2, -0.15) is 0 Å². The number of hydrogen-bond donors (Lipinski definition) is 1. The first-order valence-electron chi connectivity index (χ1n) is 7.37. The molecule has 0 aliphatic heterocycles. The minimum Gasteiger partial charge on any atom is -0.494 e. The SMILES string of the molecule is CCOc1cccc(CNC(C)Cc2ccc(F)cc2)c1. The lowest BCUT2D eigenvalue weighted by Gasteiger charge is -2.14. The predicted molar refractivity (Wildman–Crippen MR) is 84.0 cm³/mol. The third kappa shape index (κ3) is 5.20. The van der Waals surface area contributed by atoms with Gasteiger partial charge in [0.15, 0.2) is 0 Å². The highest BCUT2D eigenvalue weighted by Gasteiger charge is 2.04. The molecule has 1 atom stereocenters. The Kier molecular flexibility index (Phi) is 5.76. The maximum atomic E-state index is 12.9. The summed E-state index contributed by atoms with van der Waals surface area (Å²) in [6.07, 6.45) is 0.880. The second kappa shape index (κ2) is 7.79. The summed E-state index contributed by atoms with van der Waals surface area (Å²) in [5.74, 6) is 0.718. The van der Waals surface area contributed by atoms with Gasteiger partial charge in [-0.3, -0.25) is 0 Å². The Morgan fingerprint density at radius 1 is 1.10 bits per heavy atom. The normalized spacial score (nSPS) is 12.1. The van der Waals surface area contributed by atoms with Gasteiger partial charge in [0.25, 0.3) is 0 Å². The molecular formula is C18H22FNO. The van der Waals surface area contributed by atoms with Gasteiger partial charge in [-0.15, -0.1) is 0 Å². The molecule has 112 valence electrons. The topological polar surface area (TPSA) is 21.3 Å². The fourth-order valence-corrected chi connectivity index (χ4v) is 2.25. The van der Waals surface area contributed by atoms with E-state index in [0.29, 0.717) is 12.6 Å². The standard InChI is InChI=1S/C18H22FNO/c1-3-21-18-6-4-5-16(12-18)13-20-14(2)11-15-7-9-17(19)10-8-15/h4-10,12,14,20H,3,11,13H2,1-2H3. The Balaban J connectivity index is 1.84. The van der Waals surface area contributed by atoms with Crippen molar-refractivity contribution in [2.45, 2.75) is 32.9 Å². The molecule has 0 bridgehead atoms. The van der Waals surface area contributed by atoms with Crippen LogP contribution in [0.15, 0.2) is 48.5 Å². The van der Waals surface area contributed by atoms with Gasteiger partial charge in [-0.1, -0.05) is 24.3 Å². The Morgan fingerprint density at radius 3 is 2.57 bits per heavy atom. The van der Waals surface area contributed by atoms with Crippen molar-refractivity contribution in [1.82, 2.24) is 5.32 Å². The summed E-state index contributed by atoms with van der Waals surface area (Å²) >= 11 is 0. The highest BCUT2D eigenvalue weighted by molar-refractivity contribution is 5.28. The first-order valence-corrected chi connectivity index (χ1v) is 7.37. The molecule has 1 unspecified atom stereocenters. The molecule has 0 saturated carbocycles. The second-order valence-corrected chi connectivity index (χ2v) is 5.19. The second-order valence-electron chi connectivity index (χ2n) is 5.19. The Labute approximate surface area is 126 Å². The minimum absolute atomic E-state index is 0.188. The first kappa shape index (κ1) is 15.5. The molecule has 2 nitrogen and oxygen atoms in total. The molecule has 0 saturated heterocycles. The van der Waals surface area contributed by atoms with Crippen LogP contribution < -0.4 is 10.1 Å². The van der Waals surface area contributed by atoms with Gasteiger partial charge in [0.2, 0.25) is 0 Å². The summed E-state index contributed by atoms with van der Waals surface area (Å²) in [6, 6.07) is 15.1. The smallest absolute Gasteiger partial charge is 0.123 e. The van der Waals surface area contributed by atoms with Crippen molar-refractivity contribution in [3.05, 3.63) is 65.5 Å². The largest absolute Gasteiger partial charge is 0.494 e. The van der Waals surface area contributed by atoms with Crippen LogP contribution in [0.1, 0.15) is 25.0 Å². The molecule has 0 spiro atoms. The molecule has 0 aliphatic rings. The molecule has 21 heavy (non-hydrogen) atoms. The molecule has 0 aliphatic carbocycles. The van der Waals surface area contributed by atoms with E-state index in [1.54, 1.807) is 0 Å². The van der Waals surface area contributed by atoms with Gasteiger partial charge < -0.3 is 10.1 Å². The van der Waals surface area contributed by atoms with E-state index >= 15 is 0 Å². The van der Waals surface area contributed by atoms with Crippen LogP contribution in [0.2, 0.25) is 0 Å². The molecule has 0 heterocycles. The zero-order valence-corrected chi connectivity index (χ0v) is 12.6. The van der Waals surface area contributed by atoms with Crippen molar-refractivity contribution < 1.29 is 9.13 Å². The fraction of sp³-hybridized carbons (Fsp3) is 0.333. The van der Waals surface area contributed by atoms with Crippen molar-refractivity contribution in [1.29, 1.82) is 0 Å². The molecule has 0 radical (unpaired) electrons. The number of ether oxygens (including phenoxy) is 1. The van der Waals surface area contributed by atoms with Crippen LogP contribution in [0.3, 0.4) is 0 Å². The monoisotopic (exact) mass is 287 g/mol. The van der Waals surface area contributed by atoms with Crippen LogP contribution >= 0.6 is 0 Å². The van der Waals surface area contributed by atoms with Crippen molar-refractivity contribution in [3.8, 4) is 5.75 Å². The van der Waals surface area contributed by atoms with E-state index in [2.05, 4.69) is 24.4 Å². The average molecular weight is 287 g/mol. The summed E-state index contributed by atoms with van der Waals surface area (Å²) in [4.78, 5) is 0. The van der Waals surface area contributed by atoms with Crippen molar-refractivity contribution in [2.75, 3.05) is 6.61 Å². The zero-order valence-electron chi connectivity index (χ0n) is 12.6. The minimum atomic E-state index is -0.188. The van der Waals surface area contributed by atoms with Gasteiger partial charge in [-0.25, -0.2) is 4.39 Å². The van der Waals surface area contributed by atoms with Gasteiger partial charge in [0.1, 0.15) is 11.6 Å². The third-order valence-electron chi connectivity index (χ3n) is 3.32. The lowest BCUT2D eigenvalue weighted by molar-refractivity contribution is 0.339. The van der Waals surface area contributed by atoms with Gasteiger partial charge in [0, 0.05) is 12.6 Å². The van der Waals surface area contributed by atoms with E-state index in [0.717, 1.165) is 24.3 Å². The summed E-state index contributed by atoms with van der Waals surface area (Å²) < 4.78 is 18.4. The van der Waals surface area contributed by atoms with Crippen molar-refractivity contribution >= 4 is 0 Å². The van der Waals surface area contributed by atoms with Crippen molar-refractivity contribution in [2.24, 2.45) is 0 Å². The molecule has 0 aromatic heterocycles. The van der Waals surface area contributed by atoms with Gasteiger partial charge >= 0.3 is 0 Å². The molecule has 1 N–H and O–H groups in total. The Morgan fingerprint density at radius 2 is 1.86 bits per heavy atom. The van der Waals surface area contributed by atoms with Crippen LogP contribution in [-0.4, -0.2) is 12.6 Å². The summed E-state index contributed by atoms with van der Waals surface area (Å²) in [6.45, 7) is 5.59. The molecule has 2 aromatic carbocycles. The maximum absolute atomic E-state index is 12.9. The molecule has 2 rings (SSSR count). The third-order valence-corrected chi connectivity index (χ3v) is 3.32. The van der Waals surface area contributed by atoms with Crippen LogP contribution in [-0.2, 0) is 13.0 Å². The highest BCUT2D eigenvalue weighted by atomic mass is 19.1. The van der Waals surface area contributed by atoms with Gasteiger partial charge in [0.05, 0.1) is 6.61 Å². The number of benzene rings is 2. The highest BCUT2D eigenvalue weighted by Crippen LogP contribution is 2.13. The zero-order chi connectivity index (χ0) is 15.1. The lowest BCUT2D eigenvalue weighted by atomic mass is 10.1. The lowest BCUT2D eigenvalue weighted by Crippen LogP contribution is -2.27. The van der Waals surface area contributed by atoms with Crippen LogP contribution in [0.4, 0.5) is 4.39 Å². The molecule has 2 aromatic rings. The molecular weight excluding hydrogens is 265 g/mol. The summed E-state index contributed by atoms with van der Waals surface area (Å²) in [5.41, 5.74) is 2.34. The maximum Gasteiger partial charge on any atom is 0.123 e. The Hall–Kier alpha value is -1.87. The van der Waals surface area contributed by atoms with Gasteiger partial charge in [-0.05, 0) is 55.7 Å². The van der Waals surface area contributed by atoms with E-state index in [-0.39, 0.29) is 5.82 Å². The quantitative estimate of drug-likeness (QED) is 0.832. The van der Waals surface area contributed by atoms with E-state index < -0.39 is 0 Å². The van der Waals surface area contributed by atoms with E-state index in [1.807, 2.05) is 31.2 Å². The average Bonchev–Trinajstić information content (AvgIpc) is 2.48. The van der Waals surface area contributed by atoms with Crippen molar-refractivity contribution in [3.63, 3.8) is 0 Å². The van der Waals surface area contributed by atoms with E-state index in [1.165, 1.54) is 17.7 Å². The van der Waals surface area contributed by atoms with E-state index in [9.17, 15) is 4.39 Å². The molecule has 0 amide bonds. The predicted octanol–water partition coefficient (Wildman–Crippen LogP) is 3.95.